The summed E-state index contributed by atoms with van der Waals surface area (Å²) in [5, 5.41) is 40.1. The molecular formula is C45H70O12. The van der Waals surface area contributed by atoms with Crippen LogP contribution in [-0.2, 0) is 38.1 Å². The van der Waals surface area contributed by atoms with Crippen LogP contribution >= 0.6 is 0 Å². The lowest BCUT2D eigenvalue weighted by molar-refractivity contribution is -0.305. The normalized spacial score (nSPS) is 27.9. The average molecular weight is 803 g/mol. The molecule has 1 fully saturated rings. The second-order valence-corrected chi connectivity index (χ2v) is 15.7. The molecule has 0 spiro atoms. The van der Waals surface area contributed by atoms with Gasteiger partial charge >= 0.3 is 11.9 Å². The molecule has 3 rings (SSSR count). The number of ketones is 2. The Morgan fingerprint density at radius 2 is 1.19 bits per heavy atom. The molecule has 0 aromatic heterocycles. The smallest absolute Gasteiger partial charge is 0.306 e. The van der Waals surface area contributed by atoms with Gasteiger partial charge < -0.3 is 39.4 Å². The van der Waals surface area contributed by atoms with E-state index in [-0.39, 0.29) is 61.3 Å². The molecule has 0 bridgehead atoms. The number of unbranched alkanes of at least 4 members (excludes halogenated alkanes) is 8. The van der Waals surface area contributed by atoms with Crippen LogP contribution in [0.15, 0.2) is 48.6 Å². The number of hydrogen-bond donors (Lipinski definition) is 4. The molecule has 0 aromatic rings. The van der Waals surface area contributed by atoms with Crippen LogP contribution in [-0.4, -0.2) is 101 Å². The second kappa shape index (κ2) is 27.6. The van der Waals surface area contributed by atoms with Gasteiger partial charge in [0.25, 0.3) is 0 Å². The van der Waals surface area contributed by atoms with E-state index >= 15 is 0 Å². The minimum absolute atomic E-state index is 0.0425. The van der Waals surface area contributed by atoms with Crippen LogP contribution in [0.1, 0.15) is 129 Å². The first-order chi connectivity index (χ1) is 27.6. The van der Waals surface area contributed by atoms with Crippen molar-refractivity contribution in [2.24, 2.45) is 23.7 Å². The van der Waals surface area contributed by atoms with Crippen LogP contribution in [0.4, 0.5) is 0 Å². The molecule has 0 radical (unpaired) electrons. The van der Waals surface area contributed by atoms with Crippen molar-refractivity contribution in [3.63, 3.8) is 0 Å². The number of aliphatic hydroxyl groups excluding tert-OH is 4. The number of rotatable bonds is 29. The SMILES string of the molecule is CC/C=C\C[C@H]1C(=O)C=C[C@H]1CCCCCCCC(=O)OC[C@H](CO[C@@H]1O[C@H](CO)[C@H](O)[C@H](O)[C@H]1O)OC(=O)CCCCCCC[C@@H]1C=CC(=O)[C@@H]1C/C=C\CC. The van der Waals surface area contributed by atoms with Crippen LogP contribution in [0, 0.1) is 23.7 Å². The van der Waals surface area contributed by atoms with Gasteiger partial charge in [0, 0.05) is 24.7 Å². The molecule has 12 nitrogen and oxygen atoms in total. The van der Waals surface area contributed by atoms with Gasteiger partial charge in [0.2, 0.25) is 0 Å². The summed E-state index contributed by atoms with van der Waals surface area (Å²) in [6, 6.07) is 0. The second-order valence-electron chi connectivity index (χ2n) is 15.7. The molecule has 57 heavy (non-hydrogen) atoms. The van der Waals surface area contributed by atoms with E-state index < -0.39 is 55.4 Å². The standard InChI is InChI=1S/C45H70O12/c1-3-5-13-21-35-32(25-27-37(35)47)19-15-9-7-11-17-23-40(49)54-30-34(31-55-45-44(53)43(52)42(51)39(29-46)57-45)56-41(50)24-18-12-8-10-16-20-33-26-28-38(48)36(33)22-14-6-4-2/h5-6,13-14,25-28,32-36,39,42-46,51-53H,3-4,7-12,15-24,29-31H2,1-2H3/b13-5-,14-6-/t32-,33-,34-,35-,36-,39-,42+,43+,44-,45-/m1/s1. The van der Waals surface area contributed by atoms with Crippen LogP contribution in [0.5, 0.6) is 0 Å². The summed E-state index contributed by atoms with van der Waals surface area (Å²) in [5.74, 6) is 0.157. The molecule has 322 valence electrons. The zero-order valence-corrected chi connectivity index (χ0v) is 34.3. The van der Waals surface area contributed by atoms with Gasteiger partial charge in [0.05, 0.1) is 13.2 Å². The molecule has 4 N–H and O–H groups in total. The van der Waals surface area contributed by atoms with Crippen molar-refractivity contribution in [2.45, 2.75) is 166 Å². The molecule has 0 unspecified atom stereocenters. The number of carbonyl (C=O) groups excluding carboxylic acids is 4. The maximum absolute atomic E-state index is 12.8. The minimum Gasteiger partial charge on any atom is -0.462 e. The van der Waals surface area contributed by atoms with E-state index in [1.165, 1.54) is 0 Å². The maximum atomic E-state index is 12.8. The minimum atomic E-state index is -1.63. The number of hydrogen-bond acceptors (Lipinski definition) is 12. The highest BCUT2D eigenvalue weighted by atomic mass is 16.7. The van der Waals surface area contributed by atoms with Crippen molar-refractivity contribution in [3.8, 4) is 0 Å². The van der Waals surface area contributed by atoms with E-state index in [0.29, 0.717) is 12.8 Å². The van der Waals surface area contributed by atoms with E-state index in [4.69, 9.17) is 18.9 Å². The number of ether oxygens (including phenoxy) is 4. The van der Waals surface area contributed by atoms with Gasteiger partial charge in [-0.2, -0.15) is 0 Å². The summed E-state index contributed by atoms with van der Waals surface area (Å²) in [7, 11) is 0. The van der Waals surface area contributed by atoms with Gasteiger partial charge in [-0.25, -0.2) is 0 Å². The topological polar surface area (TPSA) is 186 Å². The predicted molar refractivity (Wildman–Crippen MR) is 216 cm³/mol. The lowest BCUT2D eigenvalue weighted by atomic mass is 9.87. The van der Waals surface area contributed by atoms with E-state index in [1.54, 1.807) is 12.2 Å². The van der Waals surface area contributed by atoms with Crippen LogP contribution in [0.3, 0.4) is 0 Å². The summed E-state index contributed by atoms with van der Waals surface area (Å²) >= 11 is 0. The zero-order chi connectivity index (χ0) is 41.4. The fraction of sp³-hybridized carbons (Fsp3) is 0.733. The molecule has 12 heteroatoms. The molecule has 0 amide bonds. The van der Waals surface area contributed by atoms with Crippen LogP contribution in [0.25, 0.3) is 0 Å². The maximum Gasteiger partial charge on any atom is 0.306 e. The Kier molecular flexibility index (Phi) is 23.5. The lowest BCUT2D eigenvalue weighted by Crippen LogP contribution is -2.59. The molecule has 0 aromatic carbocycles. The Bertz CT molecular complexity index is 1320. The third-order valence-electron chi connectivity index (χ3n) is 11.2. The average Bonchev–Trinajstić information content (AvgIpc) is 3.74. The molecule has 10 atom stereocenters. The third-order valence-corrected chi connectivity index (χ3v) is 11.2. The van der Waals surface area contributed by atoms with Gasteiger partial charge in [0.15, 0.2) is 24.0 Å². The molecular weight excluding hydrogens is 732 g/mol. The fourth-order valence-corrected chi connectivity index (χ4v) is 7.76. The molecule has 1 saturated heterocycles. The van der Waals surface area contributed by atoms with E-state index in [9.17, 15) is 39.6 Å². The fourth-order valence-electron chi connectivity index (χ4n) is 7.76. The number of aliphatic hydroxyl groups is 4. The molecule has 0 saturated carbocycles. The monoisotopic (exact) mass is 802 g/mol. The van der Waals surface area contributed by atoms with E-state index in [2.05, 4.69) is 38.2 Å². The van der Waals surface area contributed by atoms with Gasteiger partial charge in [-0.3, -0.25) is 19.2 Å². The Morgan fingerprint density at radius 3 is 1.72 bits per heavy atom. The van der Waals surface area contributed by atoms with Crippen molar-refractivity contribution in [1.29, 1.82) is 0 Å². The van der Waals surface area contributed by atoms with Crippen molar-refractivity contribution >= 4 is 23.5 Å². The first-order valence-corrected chi connectivity index (χ1v) is 21.6. The van der Waals surface area contributed by atoms with Gasteiger partial charge in [-0.15, -0.1) is 0 Å². The molecule has 2 aliphatic carbocycles. The molecule has 1 heterocycles. The van der Waals surface area contributed by atoms with Gasteiger partial charge in [0.1, 0.15) is 31.0 Å². The molecule has 1 aliphatic heterocycles. The zero-order valence-electron chi connectivity index (χ0n) is 34.3. The number of esters is 2. The highest BCUT2D eigenvalue weighted by Crippen LogP contribution is 2.32. The summed E-state index contributed by atoms with van der Waals surface area (Å²) in [4.78, 5) is 50.0. The Hall–Kier alpha value is -3.00. The largest absolute Gasteiger partial charge is 0.462 e. The highest BCUT2D eigenvalue weighted by molar-refractivity contribution is 5.95. The lowest BCUT2D eigenvalue weighted by Gasteiger charge is -2.39. The van der Waals surface area contributed by atoms with Crippen LogP contribution in [0.2, 0.25) is 0 Å². The Morgan fingerprint density at radius 1 is 0.684 bits per heavy atom. The Labute approximate surface area is 339 Å². The summed E-state index contributed by atoms with van der Waals surface area (Å²) in [5.41, 5.74) is 0. The van der Waals surface area contributed by atoms with E-state index in [0.717, 1.165) is 89.9 Å². The third kappa shape index (κ3) is 17.4. The van der Waals surface area contributed by atoms with Crippen molar-refractivity contribution in [2.75, 3.05) is 19.8 Å². The number of carbonyl (C=O) groups is 4. The first-order valence-electron chi connectivity index (χ1n) is 21.6. The van der Waals surface area contributed by atoms with Gasteiger partial charge in [-0.05, 0) is 75.4 Å². The Balaban J connectivity index is 1.36. The summed E-state index contributed by atoms with van der Waals surface area (Å²) in [6.45, 7) is 2.93. The van der Waals surface area contributed by atoms with Crippen molar-refractivity contribution < 1.29 is 58.6 Å². The van der Waals surface area contributed by atoms with Crippen LogP contribution < -0.4 is 0 Å². The summed E-state index contributed by atoms with van der Waals surface area (Å²) in [6.07, 6.45) is 22.2. The molecule has 3 aliphatic rings. The quantitative estimate of drug-likeness (QED) is 0.0383. The summed E-state index contributed by atoms with van der Waals surface area (Å²) < 4.78 is 22.1. The highest BCUT2D eigenvalue weighted by Gasteiger charge is 2.44. The van der Waals surface area contributed by atoms with Crippen molar-refractivity contribution in [1.82, 2.24) is 0 Å². The van der Waals surface area contributed by atoms with Crippen molar-refractivity contribution in [3.05, 3.63) is 48.6 Å². The first kappa shape index (κ1) is 48.4. The predicted octanol–water partition coefficient (Wildman–Crippen LogP) is 6.17. The number of allylic oxidation sites excluding steroid dienone is 8. The van der Waals surface area contributed by atoms with E-state index in [1.807, 2.05) is 12.2 Å². The van der Waals surface area contributed by atoms with Gasteiger partial charge in [-0.1, -0.05) is 102 Å².